The molecule has 84 valence electrons. The minimum Gasteiger partial charge on any atom is -0.327 e. The first-order valence-corrected chi connectivity index (χ1v) is 5.72. The van der Waals surface area contributed by atoms with Gasteiger partial charge in [0, 0.05) is 25.2 Å². The molecule has 1 aromatic heterocycles. The summed E-state index contributed by atoms with van der Waals surface area (Å²) in [5.74, 6) is 0.488. The quantitative estimate of drug-likeness (QED) is 0.766. The minimum atomic E-state index is 0.308. The van der Waals surface area contributed by atoms with E-state index < -0.39 is 0 Å². The molecule has 2 N–H and O–H groups in total. The van der Waals surface area contributed by atoms with E-state index in [4.69, 9.17) is 5.73 Å². The molecular formula is C12H21N3. The van der Waals surface area contributed by atoms with E-state index in [0.29, 0.717) is 17.4 Å². The van der Waals surface area contributed by atoms with Crippen LogP contribution in [0.25, 0.3) is 0 Å². The third-order valence-corrected chi connectivity index (χ3v) is 3.60. The van der Waals surface area contributed by atoms with E-state index in [-0.39, 0.29) is 0 Å². The Morgan fingerprint density at radius 2 is 2.27 bits per heavy atom. The van der Waals surface area contributed by atoms with Gasteiger partial charge in [0.1, 0.15) is 0 Å². The van der Waals surface area contributed by atoms with Crippen LogP contribution in [0, 0.1) is 5.41 Å². The third kappa shape index (κ3) is 2.23. The highest BCUT2D eigenvalue weighted by molar-refractivity contribution is 5.16. The second-order valence-electron chi connectivity index (χ2n) is 5.62. The Morgan fingerprint density at radius 3 is 2.87 bits per heavy atom. The molecule has 3 heteroatoms. The van der Waals surface area contributed by atoms with Gasteiger partial charge in [0.15, 0.2) is 0 Å². The van der Waals surface area contributed by atoms with Gasteiger partial charge in [0.05, 0.1) is 6.20 Å². The maximum Gasteiger partial charge on any atom is 0.0525 e. The molecule has 0 amide bonds. The van der Waals surface area contributed by atoms with Crippen LogP contribution in [0.4, 0.5) is 0 Å². The van der Waals surface area contributed by atoms with Crippen molar-refractivity contribution < 1.29 is 0 Å². The first-order valence-electron chi connectivity index (χ1n) is 5.72. The van der Waals surface area contributed by atoms with Gasteiger partial charge in [-0.25, -0.2) is 0 Å². The monoisotopic (exact) mass is 207 g/mol. The van der Waals surface area contributed by atoms with Crippen LogP contribution in [0.1, 0.15) is 44.6 Å². The van der Waals surface area contributed by atoms with Crippen LogP contribution in [0.3, 0.4) is 0 Å². The normalized spacial score (nSPS) is 30.4. The fraction of sp³-hybridized carbons (Fsp3) is 0.750. The zero-order valence-corrected chi connectivity index (χ0v) is 9.90. The Kier molecular flexibility index (Phi) is 2.59. The predicted octanol–water partition coefficient (Wildman–Crippen LogP) is 2.04. The molecule has 0 aromatic carbocycles. The van der Waals surface area contributed by atoms with Crippen LogP contribution in [-0.4, -0.2) is 15.8 Å². The summed E-state index contributed by atoms with van der Waals surface area (Å²) >= 11 is 0. The highest BCUT2D eigenvalue weighted by Gasteiger charge is 2.34. The molecule has 2 unspecified atom stereocenters. The van der Waals surface area contributed by atoms with Crippen molar-refractivity contribution in [2.75, 3.05) is 0 Å². The number of aryl methyl sites for hydroxylation is 1. The molecule has 2 rings (SSSR count). The molecule has 2 atom stereocenters. The van der Waals surface area contributed by atoms with Gasteiger partial charge in [-0.1, -0.05) is 13.8 Å². The van der Waals surface area contributed by atoms with E-state index in [1.54, 1.807) is 0 Å². The van der Waals surface area contributed by atoms with Gasteiger partial charge in [0.25, 0.3) is 0 Å². The van der Waals surface area contributed by atoms with Crippen LogP contribution in [-0.2, 0) is 7.05 Å². The molecule has 0 spiro atoms. The van der Waals surface area contributed by atoms with E-state index in [9.17, 15) is 0 Å². The highest BCUT2D eigenvalue weighted by Crippen LogP contribution is 2.42. The van der Waals surface area contributed by atoms with E-state index in [1.807, 2.05) is 17.9 Å². The van der Waals surface area contributed by atoms with Gasteiger partial charge >= 0.3 is 0 Å². The molecule has 1 aliphatic carbocycles. The first kappa shape index (κ1) is 10.7. The fourth-order valence-electron chi connectivity index (χ4n) is 2.60. The smallest absolute Gasteiger partial charge is 0.0525 e. The van der Waals surface area contributed by atoms with Crippen LogP contribution >= 0.6 is 0 Å². The Morgan fingerprint density at radius 1 is 1.53 bits per heavy atom. The summed E-state index contributed by atoms with van der Waals surface area (Å²) in [6, 6.07) is 0.308. The predicted molar refractivity (Wildman–Crippen MR) is 61.6 cm³/mol. The molecule has 1 fully saturated rings. The van der Waals surface area contributed by atoms with Crippen molar-refractivity contribution in [2.24, 2.45) is 18.2 Å². The lowest BCUT2D eigenvalue weighted by molar-refractivity contribution is 0.198. The molecule has 0 saturated heterocycles. The minimum absolute atomic E-state index is 0.308. The van der Waals surface area contributed by atoms with Crippen molar-refractivity contribution in [1.29, 1.82) is 0 Å². The third-order valence-electron chi connectivity index (χ3n) is 3.60. The van der Waals surface area contributed by atoms with E-state index in [0.717, 1.165) is 6.42 Å². The van der Waals surface area contributed by atoms with Crippen LogP contribution < -0.4 is 5.73 Å². The number of nitrogens with zero attached hydrogens (tertiary/aromatic N) is 2. The first-order chi connectivity index (χ1) is 6.98. The molecule has 1 aliphatic rings. The lowest BCUT2D eigenvalue weighted by Crippen LogP contribution is -2.37. The summed E-state index contributed by atoms with van der Waals surface area (Å²) in [4.78, 5) is 0. The number of nitrogens with two attached hydrogens (primary N) is 1. The Balaban J connectivity index is 2.19. The number of hydrogen-bond donors (Lipinski definition) is 1. The molecule has 0 bridgehead atoms. The maximum absolute atomic E-state index is 6.20. The zero-order chi connectivity index (χ0) is 11.1. The molecule has 0 radical (unpaired) electrons. The molecular weight excluding hydrogens is 186 g/mol. The Labute approximate surface area is 91.7 Å². The van der Waals surface area contributed by atoms with Gasteiger partial charge in [-0.15, -0.1) is 0 Å². The maximum atomic E-state index is 6.20. The summed E-state index contributed by atoms with van der Waals surface area (Å²) in [5, 5.41) is 4.24. The molecule has 15 heavy (non-hydrogen) atoms. The summed E-state index contributed by atoms with van der Waals surface area (Å²) in [6.07, 6.45) is 7.62. The van der Waals surface area contributed by atoms with Gasteiger partial charge in [0.2, 0.25) is 0 Å². The average Bonchev–Trinajstić information content (AvgIpc) is 2.56. The Bertz CT molecular complexity index is 340. The summed E-state index contributed by atoms with van der Waals surface area (Å²) in [5.41, 5.74) is 7.93. The van der Waals surface area contributed by atoms with E-state index >= 15 is 0 Å². The lowest BCUT2D eigenvalue weighted by atomic mass is 9.68. The van der Waals surface area contributed by atoms with Gasteiger partial charge in [-0.3, -0.25) is 4.68 Å². The van der Waals surface area contributed by atoms with Gasteiger partial charge in [-0.2, -0.15) is 5.10 Å². The topological polar surface area (TPSA) is 43.8 Å². The average molecular weight is 207 g/mol. The molecule has 1 saturated carbocycles. The highest BCUT2D eigenvalue weighted by atomic mass is 15.2. The standard InChI is InChI=1S/C12H21N3/c1-12(2)5-4-11(13)10(6-12)9-7-14-15(3)8-9/h7-8,10-11H,4-6,13H2,1-3H3. The van der Waals surface area contributed by atoms with Crippen molar-refractivity contribution in [3.8, 4) is 0 Å². The van der Waals surface area contributed by atoms with Crippen LogP contribution in [0.5, 0.6) is 0 Å². The largest absolute Gasteiger partial charge is 0.327 e. The summed E-state index contributed by atoms with van der Waals surface area (Å²) in [7, 11) is 1.96. The Hall–Kier alpha value is -0.830. The molecule has 1 heterocycles. The zero-order valence-electron chi connectivity index (χ0n) is 9.90. The molecule has 0 aliphatic heterocycles. The van der Waals surface area contributed by atoms with E-state index in [1.165, 1.54) is 18.4 Å². The second kappa shape index (κ2) is 3.63. The van der Waals surface area contributed by atoms with Gasteiger partial charge < -0.3 is 5.73 Å². The molecule has 3 nitrogen and oxygen atoms in total. The lowest BCUT2D eigenvalue weighted by Gasteiger charge is -2.38. The van der Waals surface area contributed by atoms with Crippen molar-refractivity contribution in [3.63, 3.8) is 0 Å². The fourth-order valence-corrected chi connectivity index (χ4v) is 2.60. The number of rotatable bonds is 1. The second-order valence-corrected chi connectivity index (χ2v) is 5.62. The van der Waals surface area contributed by atoms with Crippen molar-refractivity contribution in [1.82, 2.24) is 9.78 Å². The van der Waals surface area contributed by atoms with Crippen molar-refractivity contribution in [3.05, 3.63) is 18.0 Å². The summed E-state index contributed by atoms with van der Waals surface area (Å²) in [6.45, 7) is 4.67. The van der Waals surface area contributed by atoms with Crippen molar-refractivity contribution >= 4 is 0 Å². The van der Waals surface area contributed by atoms with Crippen LogP contribution in [0.2, 0.25) is 0 Å². The number of hydrogen-bond acceptors (Lipinski definition) is 2. The van der Waals surface area contributed by atoms with Gasteiger partial charge in [-0.05, 0) is 30.2 Å². The number of aromatic nitrogens is 2. The molecule has 1 aromatic rings. The summed E-state index contributed by atoms with van der Waals surface area (Å²) < 4.78 is 1.86. The van der Waals surface area contributed by atoms with Crippen LogP contribution in [0.15, 0.2) is 12.4 Å². The van der Waals surface area contributed by atoms with E-state index in [2.05, 4.69) is 25.1 Å². The van der Waals surface area contributed by atoms with Crippen molar-refractivity contribution in [2.45, 2.75) is 45.1 Å². The SMILES string of the molecule is Cn1cc(C2CC(C)(C)CCC2N)cn1.